The molecule has 0 radical (unpaired) electrons. The lowest BCUT2D eigenvalue weighted by Crippen LogP contribution is -2.49. The molecule has 2 saturated heterocycles. The number of aromatic nitrogens is 4. The van der Waals surface area contributed by atoms with Gasteiger partial charge in [0.05, 0.1) is 27.8 Å². The molecular weight excluding hydrogens is 653 g/mol. The van der Waals surface area contributed by atoms with E-state index in [1.54, 1.807) is 18.0 Å². The third-order valence-corrected chi connectivity index (χ3v) is 10.1. The second-order valence-corrected chi connectivity index (χ2v) is 13.5. The number of nitrogens with zero attached hydrogens (tertiary/aromatic N) is 7. The number of ether oxygens (including phenoxy) is 1. The van der Waals surface area contributed by atoms with E-state index in [-0.39, 0.29) is 70.1 Å². The van der Waals surface area contributed by atoms with Crippen LogP contribution in [0, 0.1) is 17.5 Å². The standard InChI is InChI=1S/C35H37F3N8O4/c1-5-43-15-22(31(47)20-12-24(36)29(26(38)27(20)43)45-7-6-39-18(2)14-45)34-40-41-35(50-34)23-16-46-19(3)17-49-33-28(46)21(32(23)48)13-25(37)30(33)44-10-8-42(4)9-11-44/h12-13,15-16,18-19,39H,5-11,14,17H2,1-4H3. The average Bonchev–Trinajstić information content (AvgIpc) is 3.58. The summed E-state index contributed by atoms with van der Waals surface area (Å²) >= 11 is 0. The van der Waals surface area contributed by atoms with Crippen molar-refractivity contribution in [2.45, 2.75) is 39.4 Å². The van der Waals surface area contributed by atoms with E-state index in [0.717, 1.165) is 19.2 Å². The molecule has 2 unspecified atom stereocenters. The topological polar surface area (TPSA) is 114 Å². The van der Waals surface area contributed by atoms with Crippen LogP contribution in [0.25, 0.3) is 44.7 Å². The van der Waals surface area contributed by atoms with Crippen molar-refractivity contribution in [2.75, 3.05) is 69.3 Å². The highest BCUT2D eigenvalue weighted by Crippen LogP contribution is 2.43. The molecule has 3 aliphatic heterocycles. The lowest BCUT2D eigenvalue weighted by molar-refractivity contribution is 0.245. The Morgan fingerprint density at radius 3 is 2.16 bits per heavy atom. The van der Waals surface area contributed by atoms with E-state index in [9.17, 15) is 9.59 Å². The van der Waals surface area contributed by atoms with Crippen LogP contribution in [0.5, 0.6) is 5.75 Å². The zero-order chi connectivity index (χ0) is 35.0. The minimum atomic E-state index is -0.842. The van der Waals surface area contributed by atoms with Crippen LogP contribution in [0.15, 0.2) is 38.5 Å². The van der Waals surface area contributed by atoms with E-state index < -0.39 is 28.3 Å². The number of benzene rings is 2. The van der Waals surface area contributed by atoms with Gasteiger partial charge >= 0.3 is 0 Å². The smallest absolute Gasteiger partial charge is 0.253 e. The lowest BCUT2D eigenvalue weighted by atomic mass is 10.1. The van der Waals surface area contributed by atoms with Gasteiger partial charge in [-0.2, -0.15) is 0 Å². The number of likely N-dealkylation sites (N-methyl/N-ethyl adjacent to an activating group) is 1. The summed E-state index contributed by atoms with van der Waals surface area (Å²) in [5.74, 6) is -2.30. The van der Waals surface area contributed by atoms with Gasteiger partial charge in [-0.15, -0.1) is 10.2 Å². The van der Waals surface area contributed by atoms with Gasteiger partial charge in [0, 0.05) is 70.8 Å². The Morgan fingerprint density at radius 1 is 0.860 bits per heavy atom. The van der Waals surface area contributed by atoms with Gasteiger partial charge in [-0.25, -0.2) is 13.2 Å². The summed E-state index contributed by atoms with van der Waals surface area (Å²) in [7, 11) is 2.02. The lowest BCUT2D eigenvalue weighted by Gasteiger charge is -2.37. The fraction of sp³-hybridized carbons (Fsp3) is 0.429. The first kappa shape index (κ1) is 32.3. The van der Waals surface area contributed by atoms with Gasteiger partial charge in [-0.1, -0.05) is 0 Å². The number of hydrogen-bond acceptors (Lipinski definition) is 10. The maximum absolute atomic E-state index is 16.1. The second-order valence-electron chi connectivity index (χ2n) is 13.5. The van der Waals surface area contributed by atoms with Gasteiger partial charge in [0.15, 0.2) is 17.4 Å². The molecule has 0 bridgehead atoms. The predicted octanol–water partition coefficient (Wildman–Crippen LogP) is 3.97. The Balaban J connectivity index is 1.23. The van der Waals surface area contributed by atoms with Crippen molar-refractivity contribution >= 4 is 33.2 Å². The summed E-state index contributed by atoms with van der Waals surface area (Å²) in [4.78, 5) is 33.5. The number of fused-ring (bicyclic) bond motifs is 1. The summed E-state index contributed by atoms with van der Waals surface area (Å²) < 4.78 is 63.0. The summed E-state index contributed by atoms with van der Waals surface area (Å²) in [6.07, 6.45) is 3.00. The van der Waals surface area contributed by atoms with E-state index in [2.05, 4.69) is 20.4 Å². The number of halogens is 3. The van der Waals surface area contributed by atoms with E-state index in [0.29, 0.717) is 49.7 Å². The third-order valence-electron chi connectivity index (χ3n) is 10.1. The molecular formula is C35H37F3N8O4. The van der Waals surface area contributed by atoms with Crippen LogP contribution in [0.3, 0.4) is 0 Å². The highest BCUT2D eigenvalue weighted by molar-refractivity contribution is 5.94. The molecule has 2 atom stereocenters. The third kappa shape index (κ3) is 5.04. The minimum Gasteiger partial charge on any atom is -0.487 e. The van der Waals surface area contributed by atoms with Crippen LogP contribution in [0.4, 0.5) is 24.5 Å². The largest absolute Gasteiger partial charge is 0.487 e. The van der Waals surface area contributed by atoms with Crippen LogP contribution in [0.2, 0.25) is 0 Å². The van der Waals surface area contributed by atoms with Gasteiger partial charge in [0.25, 0.3) is 11.8 Å². The molecule has 8 rings (SSSR count). The molecule has 1 N–H and O–H groups in total. The molecule has 3 aliphatic rings. The minimum absolute atomic E-state index is 0.0197. The maximum atomic E-state index is 16.1. The number of pyridine rings is 2. The summed E-state index contributed by atoms with van der Waals surface area (Å²) in [6, 6.07) is 2.11. The van der Waals surface area contributed by atoms with Crippen molar-refractivity contribution in [3.05, 3.63) is 62.4 Å². The van der Waals surface area contributed by atoms with E-state index in [1.165, 1.54) is 16.8 Å². The van der Waals surface area contributed by atoms with Gasteiger partial charge < -0.3 is 38.3 Å². The molecule has 2 fully saturated rings. The van der Waals surface area contributed by atoms with Crippen molar-refractivity contribution in [1.29, 1.82) is 0 Å². The first-order chi connectivity index (χ1) is 24.0. The number of rotatable bonds is 5. The first-order valence-corrected chi connectivity index (χ1v) is 16.9. The zero-order valence-electron chi connectivity index (χ0n) is 28.2. The number of piperazine rings is 2. The Hall–Kier alpha value is -4.89. The molecule has 0 spiro atoms. The van der Waals surface area contributed by atoms with Crippen LogP contribution < -0.4 is 30.7 Å². The van der Waals surface area contributed by atoms with Crippen molar-refractivity contribution in [3.8, 4) is 28.7 Å². The normalized spacial score (nSPS) is 19.8. The van der Waals surface area contributed by atoms with Crippen molar-refractivity contribution < 1.29 is 22.3 Å². The van der Waals surface area contributed by atoms with Crippen molar-refractivity contribution in [2.24, 2.45) is 0 Å². The molecule has 5 aromatic rings. The Bertz CT molecular complexity index is 2290. The van der Waals surface area contributed by atoms with Gasteiger partial charge in [-0.3, -0.25) is 9.59 Å². The van der Waals surface area contributed by atoms with E-state index in [1.807, 2.05) is 30.4 Å². The Morgan fingerprint density at radius 2 is 1.50 bits per heavy atom. The van der Waals surface area contributed by atoms with Crippen LogP contribution in [0.1, 0.15) is 26.8 Å². The summed E-state index contributed by atoms with van der Waals surface area (Å²) in [5, 5.41) is 11.4. The second kappa shape index (κ2) is 12.2. The van der Waals surface area contributed by atoms with Crippen LogP contribution in [-0.2, 0) is 6.54 Å². The molecule has 12 nitrogen and oxygen atoms in total. The fourth-order valence-corrected chi connectivity index (χ4v) is 7.43. The quantitative estimate of drug-likeness (QED) is 0.291. The number of hydrogen-bond donors (Lipinski definition) is 1. The van der Waals surface area contributed by atoms with E-state index in [4.69, 9.17) is 9.15 Å². The monoisotopic (exact) mass is 690 g/mol. The number of aryl methyl sites for hydroxylation is 1. The zero-order valence-corrected chi connectivity index (χ0v) is 28.2. The number of nitrogens with one attached hydrogen (secondary N) is 1. The molecule has 0 saturated carbocycles. The summed E-state index contributed by atoms with van der Waals surface area (Å²) in [6.45, 7) is 10.3. The highest BCUT2D eigenvalue weighted by Gasteiger charge is 2.32. The van der Waals surface area contributed by atoms with Crippen LogP contribution in [-0.4, -0.2) is 89.7 Å². The SMILES string of the molecule is CCn1cc(-c2nnc(-c3cn4c5c(c(N6CCN(C)CC6)c(F)cc5c3=O)OCC4C)o2)c(=O)c2cc(F)c(N3CCNC(C)C3)c(F)c21. The average molecular weight is 691 g/mol. The highest BCUT2D eigenvalue weighted by atomic mass is 19.1. The van der Waals surface area contributed by atoms with Gasteiger partial charge in [-0.05, 0) is 40.0 Å². The van der Waals surface area contributed by atoms with Crippen molar-refractivity contribution in [3.63, 3.8) is 0 Å². The molecule has 50 heavy (non-hydrogen) atoms. The molecule has 0 amide bonds. The Kier molecular flexibility index (Phi) is 7.86. The molecule has 0 aliphatic carbocycles. The number of anilines is 2. The van der Waals surface area contributed by atoms with E-state index >= 15 is 13.2 Å². The summed E-state index contributed by atoms with van der Waals surface area (Å²) in [5.41, 5.74) is -0.678. The molecule has 6 heterocycles. The fourth-order valence-electron chi connectivity index (χ4n) is 7.43. The predicted molar refractivity (Wildman–Crippen MR) is 184 cm³/mol. The molecule has 2 aromatic carbocycles. The van der Waals surface area contributed by atoms with Gasteiger partial charge in [0.2, 0.25) is 10.9 Å². The maximum Gasteiger partial charge on any atom is 0.253 e. The van der Waals surface area contributed by atoms with Crippen LogP contribution >= 0.6 is 0 Å². The Labute approximate surface area is 284 Å². The van der Waals surface area contributed by atoms with Gasteiger partial charge in [0.1, 0.15) is 34.9 Å². The molecule has 15 heteroatoms. The molecule has 262 valence electrons. The van der Waals surface area contributed by atoms with Crippen molar-refractivity contribution in [1.82, 2.24) is 29.5 Å². The first-order valence-electron chi connectivity index (χ1n) is 16.9. The molecule has 3 aromatic heterocycles.